The SMILES string of the molecule is Cc1cc(F)c([N+](=O)[O-])cc1Nc1nccc(-c2cn(C)c3cccc(C)c23)n1. The monoisotopic (exact) mass is 391 g/mol. The van der Waals surface area contributed by atoms with E-state index in [2.05, 4.69) is 15.3 Å². The number of rotatable bonds is 4. The van der Waals surface area contributed by atoms with Crippen LogP contribution in [0.25, 0.3) is 22.2 Å². The smallest absolute Gasteiger partial charge is 0.306 e. The molecular formula is C21H18FN5O2. The number of fused-ring (bicyclic) bond motifs is 1. The van der Waals surface area contributed by atoms with E-state index in [1.165, 1.54) is 0 Å². The lowest BCUT2D eigenvalue weighted by molar-refractivity contribution is -0.387. The Bertz CT molecular complexity index is 1270. The van der Waals surface area contributed by atoms with Gasteiger partial charge in [-0.2, -0.15) is 4.39 Å². The van der Waals surface area contributed by atoms with Crippen molar-refractivity contribution in [2.24, 2.45) is 7.05 Å². The molecule has 0 atom stereocenters. The van der Waals surface area contributed by atoms with Gasteiger partial charge in [-0.1, -0.05) is 12.1 Å². The number of hydrogen-bond acceptors (Lipinski definition) is 5. The van der Waals surface area contributed by atoms with Gasteiger partial charge in [0.1, 0.15) is 0 Å². The van der Waals surface area contributed by atoms with Crippen LogP contribution in [0.1, 0.15) is 11.1 Å². The molecule has 7 nitrogen and oxygen atoms in total. The number of aromatic nitrogens is 3. The van der Waals surface area contributed by atoms with Gasteiger partial charge in [0, 0.05) is 42.0 Å². The van der Waals surface area contributed by atoms with E-state index in [1.54, 1.807) is 13.1 Å². The van der Waals surface area contributed by atoms with Crippen molar-refractivity contribution in [2.75, 3.05) is 5.32 Å². The molecule has 29 heavy (non-hydrogen) atoms. The number of halogens is 1. The van der Waals surface area contributed by atoms with E-state index in [4.69, 9.17) is 0 Å². The molecule has 2 aromatic carbocycles. The largest absolute Gasteiger partial charge is 0.350 e. The normalized spacial score (nSPS) is 11.0. The number of aryl methyl sites for hydroxylation is 3. The summed E-state index contributed by atoms with van der Waals surface area (Å²) in [5.41, 5.74) is 4.21. The molecule has 0 saturated carbocycles. The van der Waals surface area contributed by atoms with Crippen LogP contribution in [0.5, 0.6) is 0 Å². The summed E-state index contributed by atoms with van der Waals surface area (Å²) in [6, 6.07) is 10.2. The highest BCUT2D eigenvalue weighted by molar-refractivity contribution is 5.97. The Kier molecular flexibility index (Phi) is 4.46. The van der Waals surface area contributed by atoms with Crippen LogP contribution in [0, 0.1) is 29.8 Å². The molecule has 2 heterocycles. The molecule has 0 aliphatic heterocycles. The van der Waals surface area contributed by atoms with Crippen LogP contribution in [0.15, 0.2) is 48.8 Å². The first-order valence-electron chi connectivity index (χ1n) is 8.95. The fraction of sp³-hybridized carbons (Fsp3) is 0.143. The molecule has 4 rings (SSSR count). The Labute approximate surface area is 166 Å². The molecule has 146 valence electrons. The topological polar surface area (TPSA) is 85.9 Å². The van der Waals surface area contributed by atoms with Crippen molar-refractivity contribution in [2.45, 2.75) is 13.8 Å². The maximum absolute atomic E-state index is 13.8. The number of nitro groups is 1. The van der Waals surface area contributed by atoms with Crippen LogP contribution in [-0.4, -0.2) is 19.5 Å². The molecule has 0 saturated heterocycles. The summed E-state index contributed by atoms with van der Waals surface area (Å²) in [5, 5.41) is 15.1. The average molecular weight is 391 g/mol. The van der Waals surface area contributed by atoms with E-state index in [1.807, 2.05) is 49.0 Å². The fourth-order valence-electron chi connectivity index (χ4n) is 3.44. The summed E-state index contributed by atoms with van der Waals surface area (Å²) >= 11 is 0. The van der Waals surface area contributed by atoms with Gasteiger partial charge in [0.05, 0.1) is 16.3 Å². The minimum absolute atomic E-state index is 0.275. The van der Waals surface area contributed by atoms with Gasteiger partial charge >= 0.3 is 5.69 Å². The predicted molar refractivity (Wildman–Crippen MR) is 110 cm³/mol. The first-order chi connectivity index (χ1) is 13.8. The van der Waals surface area contributed by atoms with Gasteiger partial charge in [0.2, 0.25) is 11.8 Å². The predicted octanol–water partition coefficient (Wildman–Crippen LogP) is 5.04. The van der Waals surface area contributed by atoms with Crippen molar-refractivity contribution in [3.8, 4) is 11.3 Å². The lowest BCUT2D eigenvalue weighted by atomic mass is 10.1. The van der Waals surface area contributed by atoms with E-state index >= 15 is 0 Å². The highest BCUT2D eigenvalue weighted by Gasteiger charge is 2.18. The Morgan fingerprint density at radius 3 is 2.72 bits per heavy atom. The molecule has 8 heteroatoms. The minimum Gasteiger partial charge on any atom is -0.350 e. The van der Waals surface area contributed by atoms with Gasteiger partial charge in [0.25, 0.3) is 0 Å². The summed E-state index contributed by atoms with van der Waals surface area (Å²) in [6.45, 7) is 3.71. The Morgan fingerprint density at radius 2 is 1.97 bits per heavy atom. The highest BCUT2D eigenvalue weighted by Crippen LogP contribution is 2.32. The number of nitro benzene ring substituents is 1. The van der Waals surface area contributed by atoms with Gasteiger partial charge in [-0.3, -0.25) is 10.1 Å². The summed E-state index contributed by atoms with van der Waals surface area (Å²) in [5.74, 6) is -0.601. The van der Waals surface area contributed by atoms with Crippen LogP contribution in [0.2, 0.25) is 0 Å². The Hall–Kier alpha value is -3.81. The third kappa shape index (κ3) is 3.29. The van der Waals surface area contributed by atoms with Crippen LogP contribution < -0.4 is 5.32 Å². The zero-order valence-electron chi connectivity index (χ0n) is 16.1. The van der Waals surface area contributed by atoms with Gasteiger partial charge in [-0.15, -0.1) is 0 Å². The van der Waals surface area contributed by atoms with Crippen molar-refractivity contribution in [3.05, 3.63) is 75.9 Å². The van der Waals surface area contributed by atoms with Crippen LogP contribution in [0.3, 0.4) is 0 Å². The first-order valence-corrected chi connectivity index (χ1v) is 8.95. The minimum atomic E-state index is -0.876. The van der Waals surface area contributed by atoms with Crippen LogP contribution in [-0.2, 0) is 7.05 Å². The second-order valence-corrected chi connectivity index (χ2v) is 6.89. The second-order valence-electron chi connectivity index (χ2n) is 6.89. The van der Waals surface area contributed by atoms with E-state index in [-0.39, 0.29) is 5.95 Å². The standard InChI is InChI=1S/C21H18FN5O2/c1-12-5-4-6-18-20(12)14(11-26(18)3)16-7-8-23-21(24-16)25-17-10-19(27(28)29)15(22)9-13(17)2/h4-11H,1-3H3,(H,23,24,25). The maximum atomic E-state index is 13.8. The lowest BCUT2D eigenvalue weighted by Gasteiger charge is -2.09. The molecule has 0 unspecified atom stereocenters. The quantitative estimate of drug-likeness (QED) is 0.389. The number of benzene rings is 2. The van der Waals surface area contributed by atoms with E-state index in [0.717, 1.165) is 39.9 Å². The molecule has 0 aliphatic rings. The maximum Gasteiger partial charge on any atom is 0.306 e. The fourth-order valence-corrected chi connectivity index (χ4v) is 3.44. The van der Waals surface area contributed by atoms with Gasteiger partial charge in [-0.25, -0.2) is 9.97 Å². The molecule has 1 N–H and O–H groups in total. The number of nitrogens with zero attached hydrogens (tertiary/aromatic N) is 4. The van der Waals surface area contributed by atoms with Gasteiger partial charge < -0.3 is 9.88 Å². The Balaban J connectivity index is 1.77. The second kappa shape index (κ2) is 6.97. The highest BCUT2D eigenvalue weighted by atomic mass is 19.1. The lowest BCUT2D eigenvalue weighted by Crippen LogP contribution is -2.02. The zero-order valence-corrected chi connectivity index (χ0v) is 16.1. The molecule has 0 radical (unpaired) electrons. The van der Waals surface area contributed by atoms with E-state index in [0.29, 0.717) is 11.3 Å². The van der Waals surface area contributed by atoms with E-state index in [9.17, 15) is 14.5 Å². The summed E-state index contributed by atoms with van der Waals surface area (Å²) in [6.07, 6.45) is 3.63. The first kappa shape index (κ1) is 18.5. The molecule has 4 aromatic rings. The van der Waals surface area contributed by atoms with Crippen molar-refractivity contribution < 1.29 is 9.31 Å². The van der Waals surface area contributed by atoms with Crippen LogP contribution in [0.4, 0.5) is 21.7 Å². The Morgan fingerprint density at radius 1 is 1.17 bits per heavy atom. The zero-order chi connectivity index (χ0) is 20.7. The number of hydrogen-bond donors (Lipinski definition) is 1. The third-order valence-corrected chi connectivity index (χ3v) is 4.89. The van der Waals surface area contributed by atoms with Crippen LogP contribution >= 0.6 is 0 Å². The number of nitrogens with one attached hydrogen (secondary N) is 1. The third-order valence-electron chi connectivity index (χ3n) is 4.89. The number of anilines is 2. The molecule has 0 amide bonds. The summed E-state index contributed by atoms with van der Waals surface area (Å²) < 4.78 is 15.8. The summed E-state index contributed by atoms with van der Waals surface area (Å²) in [4.78, 5) is 19.1. The molecule has 0 fully saturated rings. The molecule has 0 bridgehead atoms. The molecular weight excluding hydrogens is 373 g/mol. The summed E-state index contributed by atoms with van der Waals surface area (Å²) in [7, 11) is 1.98. The molecule has 0 spiro atoms. The van der Waals surface area contributed by atoms with Gasteiger partial charge in [0.15, 0.2) is 0 Å². The van der Waals surface area contributed by atoms with Crippen molar-refractivity contribution in [1.29, 1.82) is 0 Å². The average Bonchev–Trinajstić information content (AvgIpc) is 3.02. The molecule has 0 aliphatic carbocycles. The van der Waals surface area contributed by atoms with Crippen molar-refractivity contribution >= 4 is 28.2 Å². The van der Waals surface area contributed by atoms with Gasteiger partial charge in [-0.05, 0) is 43.2 Å². The van der Waals surface area contributed by atoms with Crippen molar-refractivity contribution in [3.63, 3.8) is 0 Å². The van der Waals surface area contributed by atoms with E-state index < -0.39 is 16.4 Å². The van der Waals surface area contributed by atoms with Crippen molar-refractivity contribution in [1.82, 2.24) is 14.5 Å². The molecule has 2 aromatic heterocycles.